The first-order valence-corrected chi connectivity index (χ1v) is 10.5. The third-order valence-electron chi connectivity index (χ3n) is 5.33. The van der Waals surface area contributed by atoms with Gasteiger partial charge in [-0.25, -0.2) is 4.79 Å². The molecule has 0 aromatic heterocycles. The molecule has 0 fully saturated rings. The molecule has 30 heavy (non-hydrogen) atoms. The number of ether oxygens (including phenoxy) is 1. The predicted octanol–water partition coefficient (Wildman–Crippen LogP) is 4.66. The number of nitrogens with one attached hydrogen (secondary N) is 1. The van der Waals surface area contributed by atoms with Crippen molar-refractivity contribution in [3.8, 4) is 0 Å². The summed E-state index contributed by atoms with van der Waals surface area (Å²) in [7, 11) is 1.33. The van der Waals surface area contributed by atoms with Crippen LogP contribution in [-0.4, -0.2) is 25.0 Å². The molecular weight excluding hydrogens is 442 g/mol. The van der Waals surface area contributed by atoms with Gasteiger partial charge in [-0.15, -0.1) is 0 Å². The minimum atomic E-state index is -0.970. The number of carbonyl (C=O) groups is 2. The van der Waals surface area contributed by atoms with Gasteiger partial charge in [-0.3, -0.25) is 4.79 Å². The van der Waals surface area contributed by atoms with Gasteiger partial charge in [-0.05, 0) is 29.7 Å². The molecule has 3 aromatic rings. The average molecular weight is 466 g/mol. The van der Waals surface area contributed by atoms with E-state index in [-0.39, 0.29) is 5.91 Å². The third kappa shape index (κ3) is 4.62. The first kappa shape index (κ1) is 21.8. The lowest BCUT2D eigenvalue weighted by molar-refractivity contribution is -0.145. The summed E-state index contributed by atoms with van der Waals surface area (Å²) in [6.45, 7) is 1.87. The van der Waals surface area contributed by atoms with E-state index in [1.165, 1.54) is 7.11 Å². The van der Waals surface area contributed by atoms with Crippen molar-refractivity contribution in [3.05, 3.63) is 106 Å². The highest BCUT2D eigenvalue weighted by molar-refractivity contribution is 9.10. The minimum Gasteiger partial charge on any atom is -0.467 e. The van der Waals surface area contributed by atoms with Crippen molar-refractivity contribution >= 4 is 27.8 Å². The molecule has 5 heteroatoms. The van der Waals surface area contributed by atoms with Crippen molar-refractivity contribution in [2.45, 2.75) is 24.8 Å². The number of carbonyl (C=O) groups excluding carboxylic acids is 2. The monoisotopic (exact) mass is 465 g/mol. The van der Waals surface area contributed by atoms with Crippen LogP contribution in [0.5, 0.6) is 0 Å². The number of rotatable bonds is 7. The fourth-order valence-corrected chi connectivity index (χ4v) is 3.94. The van der Waals surface area contributed by atoms with E-state index in [9.17, 15) is 9.59 Å². The Morgan fingerprint density at radius 3 is 1.90 bits per heavy atom. The van der Waals surface area contributed by atoms with Gasteiger partial charge in [0, 0.05) is 10.9 Å². The molecule has 0 aliphatic rings. The van der Waals surface area contributed by atoms with Gasteiger partial charge < -0.3 is 10.1 Å². The number of amides is 1. The zero-order chi connectivity index (χ0) is 21.6. The molecule has 3 aromatic carbocycles. The van der Waals surface area contributed by atoms with Crippen molar-refractivity contribution < 1.29 is 14.3 Å². The molecular formula is C25H24BrNO3. The largest absolute Gasteiger partial charge is 0.467 e. The van der Waals surface area contributed by atoms with Crippen molar-refractivity contribution in [1.29, 1.82) is 0 Å². The smallest absolute Gasteiger partial charge is 0.328 e. The Morgan fingerprint density at radius 1 is 0.900 bits per heavy atom. The van der Waals surface area contributed by atoms with Crippen LogP contribution in [0, 0.1) is 0 Å². The van der Waals surface area contributed by atoms with Crippen molar-refractivity contribution in [2.24, 2.45) is 0 Å². The first-order valence-electron chi connectivity index (χ1n) is 9.70. The van der Waals surface area contributed by atoms with Crippen LogP contribution in [0.15, 0.2) is 89.4 Å². The normalized spacial score (nSPS) is 12.1. The lowest BCUT2D eigenvalue weighted by atomic mass is 9.75. The molecule has 154 valence electrons. The summed E-state index contributed by atoms with van der Waals surface area (Å²) in [5, 5.41) is 2.95. The molecule has 0 aliphatic heterocycles. The second kappa shape index (κ2) is 9.72. The molecule has 1 N–H and O–H groups in total. The van der Waals surface area contributed by atoms with Gasteiger partial charge >= 0.3 is 5.97 Å². The van der Waals surface area contributed by atoms with Crippen molar-refractivity contribution in [3.63, 3.8) is 0 Å². The summed E-state index contributed by atoms with van der Waals surface area (Å²) >= 11 is 3.51. The van der Waals surface area contributed by atoms with Gasteiger partial charge in [0.15, 0.2) is 0 Å². The number of esters is 1. The fourth-order valence-electron chi connectivity index (χ4n) is 3.49. The standard InChI is InChI=1S/C25H24BrNO3/c1-25(19-12-5-3-6-13-19,20-14-7-4-8-15-20)24(29)27-22(23(28)30-2)17-18-11-9-10-16-21(18)26/h3-16,22H,17H2,1-2H3,(H,27,29)/t22-/m0/s1. The van der Waals surface area contributed by atoms with Gasteiger partial charge in [-0.1, -0.05) is 94.8 Å². The van der Waals surface area contributed by atoms with Crippen molar-refractivity contribution in [1.82, 2.24) is 5.32 Å². The second-order valence-corrected chi connectivity index (χ2v) is 8.06. The van der Waals surface area contributed by atoms with E-state index >= 15 is 0 Å². The Labute approximate surface area is 185 Å². The number of hydrogen-bond acceptors (Lipinski definition) is 3. The molecule has 0 aliphatic carbocycles. The molecule has 3 rings (SSSR count). The van der Waals surface area contributed by atoms with Gasteiger partial charge in [0.05, 0.1) is 12.5 Å². The SMILES string of the molecule is COC(=O)[C@H](Cc1ccccc1Br)NC(=O)C(C)(c1ccccc1)c1ccccc1. The van der Waals surface area contributed by atoms with E-state index in [4.69, 9.17) is 4.74 Å². The van der Waals surface area contributed by atoms with E-state index in [1.807, 2.05) is 91.9 Å². The average Bonchev–Trinajstić information content (AvgIpc) is 2.80. The van der Waals surface area contributed by atoms with Crippen LogP contribution in [0.1, 0.15) is 23.6 Å². The highest BCUT2D eigenvalue weighted by Gasteiger charge is 2.39. The van der Waals surface area contributed by atoms with E-state index in [2.05, 4.69) is 21.2 Å². The maximum absolute atomic E-state index is 13.6. The molecule has 4 nitrogen and oxygen atoms in total. The summed E-state index contributed by atoms with van der Waals surface area (Å²) in [5.74, 6) is -0.745. The van der Waals surface area contributed by atoms with Gasteiger partial charge in [0.1, 0.15) is 6.04 Å². The molecule has 0 heterocycles. The van der Waals surface area contributed by atoms with Crippen LogP contribution < -0.4 is 5.32 Å². The Balaban J connectivity index is 1.97. The van der Waals surface area contributed by atoms with Crippen LogP contribution in [0.2, 0.25) is 0 Å². The molecule has 0 saturated heterocycles. The van der Waals surface area contributed by atoms with Crippen LogP contribution in [-0.2, 0) is 26.2 Å². The predicted molar refractivity (Wildman–Crippen MR) is 121 cm³/mol. The molecule has 0 saturated carbocycles. The van der Waals surface area contributed by atoms with Gasteiger partial charge in [-0.2, -0.15) is 0 Å². The Kier molecular flexibility index (Phi) is 7.06. The van der Waals surface area contributed by atoms with E-state index in [0.717, 1.165) is 21.2 Å². The van der Waals surface area contributed by atoms with E-state index in [1.54, 1.807) is 0 Å². The topological polar surface area (TPSA) is 55.4 Å². The quantitative estimate of drug-likeness (QED) is 0.516. The maximum Gasteiger partial charge on any atom is 0.328 e. The first-order chi connectivity index (χ1) is 14.5. The Hall–Kier alpha value is -2.92. The Bertz CT molecular complexity index is 966. The molecule has 0 bridgehead atoms. The fraction of sp³-hybridized carbons (Fsp3) is 0.200. The zero-order valence-corrected chi connectivity index (χ0v) is 18.6. The van der Waals surface area contributed by atoms with Crippen LogP contribution in [0.3, 0.4) is 0 Å². The summed E-state index contributed by atoms with van der Waals surface area (Å²) < 4.78 is 5.86. The number of halogens is 1. The second-order valence-electron chi connectivity index (χ2n) is 7.20. The van der Waals surface area contributed by atoms with Crippen molar-refractivity contribution in [2.75, 3.05) is 7.11 Å². The van der Waals surface area contributed by atoms with Crippen LogP contribution in [0.4, 0.5) is 0 Å². The van der Waals surface area contributed by atoms with Crippen LogP contribution in [0.25, 0.3) is 0 Å². The molecule has 1 atom stereocenters. The molecule has 0 spiro atoms. The lowest BCUT2D eigenvalue weighted by Crippen LogP contribution is -2.51. The highest BCUT2D eigenvalue weighted by Crippen LogP contribution is 2.32. The third-order valence-corrected chi connectivity index (χ3v) is 6.10. The summed E-state index contributed by atoms with van der Waals surface area (Å²) in [4.78, 5) is 26.2. The Morgan fingerprint density at radius 2 is 1.40 bits per heavy atom. The molecule has 0 unspecified atom stereocenters. The maximum atomic E-state index is 13.6. The summed E-state index contributed by atoms with van der Waals surface area (Å²) in [5.41, 5.74) is 1.63. The zero-order valence-electron chi connectivity index (χ0n) is 17.0. The van der Waals surface area contributed by atoms with Gasteiger partial charge in [0.2, 0.25) is 5.91 Å². The van der Waals surface area contributed by atoms with Gasteiger partial charge in [0.25, 0.3) is 0 Å². The summed E-state index contributed by atoms with van der Waals surface area (Å²) in [6, 6.07) is 26.0. The lowest BCUT2D eigenvalue weighted by Gasteiger charge is -2.31. The number of methoxy groups -OCH3 is 1. The van der Waals surface area contributed by atoms with E-state index in [0.29, 0.717) is 6.42 Å². The number of benzene rings is 3. The molecule has 1 amide bonds. The summed E-state index contributed by atoms with van der Waals surface area (Å²) in [6.07, 6.45) is 0.319. The molecule has 0 radical (unpaired) electrons. The van der Waals surface area contributed by atoms with E-state index < -0.39 is 17.4 Å². The number of hydrogen-bond donors (Lipinski definition) is 1. The highest BCUT2D eigenvalue weighted by atomic mass is 79.9. The van der Waals surface area contributed by atoms with Crippen LogP contribution >= 0.6 is 15.9 Å². The minimum absolute atomic E-state index is 0.262.